The number of rotatable bonds is 7. The van der Waals surface area contributed by atoms with E-state index in [9.17, 15) is 0 Å². The first-order chi connectivity index (χ1) is 15.2. The van der Waals surface area contributed by atoms with E-state index in [-0.39, 0.29) is 0 Å². The van der Waals surface area contributed by atoms with Gasteiger partial charge in [-0.15, -0.1) is 10.2 Å². The van der Waals surface area contributed by atoms with Gasteiger partial charge in [-0.1, -0.05) is 19.9 Å². The summed E-state index contributed by atoms with van der Waals surface area (Å²) in [6.07, 6.45) is 5.32. The van der Waals surface area contributed by atoms with Gasteiger partial charge in [0.2, 0.25) is 5.82 Å². The zero-order chi connectivity index (χ0) is 21.2. The molecular formula is C23H30N8. The molecule has 31 heavy (non-hydrogen) atoms. The molecule has 2 aliphatic rings. The Morgan fingerprint density at radius 3 is 2.58 bits per heavy atom. The largest absolute Gasteiger partial charge is 0.368 e. The molecule has 2 aromatic heterocycles. The molecule has 1 aliphatic carbocycles. The van der Waals surface area contributed by atoms with Crippen LogP contribution < -0.4 is 4.90 Å². The van der Waals surface area contributed by atoms with Gasteiger partial charge in [0.05, 0.1) is 5.69 Å². The van der Waals surface area contributed by atoms with Crippen molar-refractivity contribution >= 4 is 5.69 Å². The van der Waals surface area contributed by atoms with Crippen LogP contribution >= 0.6 is 0 Å². The molecule has 0 amide bonds. The summed E-state index contributed by atoms with van der Waals surface area (Å²) in [5.74, 6) is 1.96. The first-order valence-corrected chi connectivity index (χ1v) is 11.3. The van der Waals surface area contributed by atoms with E-state index in [1.165, 1.54) is 35.2 Å². The zero-order valence-electron chi connectivity index (χ0n) is 18.3. The van der Waals surface area contributed by atoms with Gasteiger partial charge in [-0.3, -0.25) is 4.90 Å². The van der Waals surface area contributed by atoms with Crippen molar-refractivity contribution in [2.24, 2.45) is 5.92 Å². The maximum atomic E-state index is 4.37. The third-order valence-electron chi connectivity index (χ3n) is 6.16. The summed E-state index contributed by atoms with van der Waals surface area (Å²) in [4.78, 5) is 4.96. The van der Waals surface area contributed by atoms with Crippen molar-refractivity contribution in [2.45, 2.75) is 45.6 Å². The molecule has 3 heterocycles. The number of H-pyrrole nitrogens is 1. The molecule has 0 radical (unpaired) electrons. The third kappa shape index (κ3) is 4.58. The van der Waals surface area contributed by atoms with Gasteiger partial charge in [0, 0.05) is 50.2 Å². The van der Waals surface area contributed by atoms with E-state index >= 15 is 0 Å². The number of aromatic nitrogens is 6. The molecule has 8 heteroatoms. The molecule has 1 saturated heterocycles. The average molecular weight is 419 g/mol. The van der Waals surface area contributed by atoms with Gasteiger partial charge in [-0.05, 0) is 65.6 Å². The summed E-state index contributed by atoms with van der Waals surface area (Å²) in [6.45, 7) is 9.36. The topological polar surface area (TPSA) is 86.7 Å². The number of tetrazole rings is 1. The van der Waals surface area contributed by atoms with Crippen molar-refractivity contribution in [1.82, 2.24) is 35.7 Å². The molecule has 0 unspecified atom stereocenters. The van der Waals surface area contributed by atoms with Gasteiger partial charge in [0.1, 0.15) is 0 Å². The molecule has 8 nitrogen and oxygen atoms in total. The molecule has 1 aliphatic heterocycles. The molecule has 1 saturated carbocycles. The maximum absolute atomic E-state index is 4.37. The Labute approximate surface area is 183 Å². The standard InChI is InChI=1S/C23H30N8/c1-16(2)12-17-13-20(18-5-6-18)22(23-26-28-29-27-23)21(14-17)31-10-8-30(9-11-31)15-19-4-3-7-24-25-19/h3-4,7,13-14,16,18H,5-6,8-12,15H2,1-2H3,(H,26,27,28,29). The number of anilines is 1. The van der Waals surface area contributed by atoms with Crippen LogP contribution in [0.5, 0.6) is 0 Å². The molecule has 5 rings (SSSR count). The van der Waals surface area contributed by atoms with Crippen LogP contribution in [0.15, 0.2) is 30.5 Å². The highest BCUT2D eigenvalue weighted by molar-refractivity contribution is 5.79. The van der Waals surface area contributed by atoms with Crippen LogP contribution in [0.2, 0.25) is 0 Å². The minimum absolute atomic E-state index is 0.623. The van der Waals surface area contributed by atoms with E-state index in [4.69, 9.17) is 0 Å². The Morgan fingerprint density at radius 1 is 1.10 bits per heavy atom. The van der Waals surface area contributed by atoms with Crippen LogP contribution in [-0.4, -0.2) is 61.9 Å². The van der Waals surface area contributed by atoms with Crippen molar-refractivity contribution in [3.63, 3.8) is 0 Å². The summed E-state index contributed by atoms with van der Waals surface area (Å²) in [7, 11) is 0. The molecule has 0 bridgehead atoms. The average Bonchev–Trinajstić information content (AvgIpc) is 3.48. The smallest absolute Gasteiger partial charge is 0.207 e. The lowest BCUT2D eigenvalue weighted by molar-refractivity contribution is 0.246. The quantitative estimate of drug-likeness (QED) is 0.631. The fraction of sp³-hybridized carbons (Fsp3) is 0.522. The minimum atomic E-state index is 0.623. The Hall–Kier alpha value is -2.87. The summed E-state index contributed by atoms with van der Waals surface area (Å²) in [6, 6.07) is 8.77. The number of benzene rings is 1. The Morgan fingerprint density at radius 2 is 1.94 bits per heavy atom. The van der Waals surface area contributed by atoms with Gasteiger partial charge in [-0.25, -0.2) is 0 Å². The van der Waals surface area contributed by atoms with Crippen LogP contribution in [0.25, 0.3) is 11.4 Å². The molecule has 2 fully saturated rings. The first kappa shape index (κ1) is 20.1. The van der Waals surface area contributed by atoms with E-state index in [2.05, 4.69) is 66.6 Å². The van der Waals surface area contributed by atoms with E-state index in [1.807, 2.05) is 12.1 Å². The Balaban J connectivity index is 1.43. The van der Waals surface area contributed by atoms with Crippen LogP contribution in [0.3, 0.4) is 0 Å². The highest BCUT2D eigenvalue weighted by atomic mass is 15.5. The highest BCUT2D eigenvalue weighted by Crippen LogP contribution is 2.47. The normalized spacial score (nSPS) is 17.5. The van der Waals surface area contributed by atoms with Crippen molar-refractivity contribution in [3.05, 3.63) is 47.3 Å². The predicted molar refractivity (Wildman–Crippen MR) is 120 cm³/mol. The lowest BCUT2D eigenvalue weighted by Gasteiger charge is -2.37. The predicted octanol–water partition coefficient (Wildman–Crippen LogP) is 3.05. The number of hydrogen-bond acceptors (Lipinski definition) is 7. The second-order valence-corrected chi connectivity index (χ2v) is 9.17. The van der Waals surface area contributed by atoms with Crippen molar-refractivity contribution < 1.29 is 0 Å². The second kappa shape index (κ2) is 8.70. The number of aromatic amines is 1. The molecule has 162 valence electrons. The summed E-state index contributed by atoms with van der Waals surface area (Å²) in [5, 5.41) is 23.5. The molecule has 1 aromatic carbocycles. The number of piperazine rings is 1. The Bertz CT molecular complexity index is 990. The zero-order valence-corrected chi connectivity index (χ0v) is 18.3. The highest BCUT2D eigenvalue weighted by Gasteiger charge is 2.32. The second-order valence-electron chi connectivity index (χ2n) is 9.17. The summed E-state index contributed by atoms with van der Waals surface area (Å²) in [5.41, 5.74) is 6.28. The van der Waals surface area contributed by atoms with Crippen LogP contribution in [0.1, 0.15) is 49.4 Å². The lowest BCUT2D eigenvalue weighted by atomic mass is 9.93. The van der Waals surface area contributed by atoms with Crippen molar-refractivity contribution in [3.8, 4) is 11.4 Å². The van der Waals surface area contributed by atoms with Crippen LogP contribution in [-0.2, 0) is 13.0 Å². The minimum Gasteiger partial charge on any atom is -0.368 e. The third-order valence-corrected chi connectivity index (χ3v) is 6.16. The Kier molecular flexibility index (Phi) is 5.63. The van der Waals surface area contributed by atoms with Gasteiger partial charge in [0.25, 0.3) is 0 Å². The van der Waals surface area contributed by atoms with Gasteiger partial charge >= 0.3 is 0 Å². The van der Waals surface area contributed by atoms with E-state index in [1.54, 1.807) is 6.20 Å². The van der Waals surface area contributed by atoms with E-state index in [0.29, 0.717) is 11.8 Å². The molecule has 3 aromatic rings. The van der Waals surface area contributed by atoms with Crippen LogP contribution in [0, 0.1) is 5.92 Å². The number of nitrogens with one attached hydrogen (secondary N) is 1. The summed E-state index contributed by atoms with van der Waals surface area (Å²) >= 11 is 0. The van der Waals surface area contributed by atoms with Gasteiger partial charge in [-0.2, -0.15) is 15.4 Å². The maximum Gasteiger partial charge on any atom is 0.207 e. The van der Waals surface area contributed by atoms with Gasteiger partial charge < -0.3 is 4.90 Å². The van der Waals surface area contributed by atoms with Crippen molar-refractivity contribution in [2.75, 3.05) is 31.1 Å². The van der Waals surface area contributed by atoms with Crippen molar-refractivity contribution in [1.29, 1.82) is 0 Å². The van der Waals surface area contributed by atoms with Gasteiger partial charge in [0.15, 0.2) is 0 Å². The SMILES string of the molecule is CC(C)Cc1cc(C2CC2)c(-c2nn[nH]n2)c(N2CCN(Cc3cccnn3)CC2)c1. The van der Waals surface area contributed by atoms with E-state index < -0.39 is 0 Å². The molecule has 1 N–H and O–H groups in total. The summed E-state index contributed by atoms with van der Waals surface area (Å²) < 4.78 is 0. The fourth-order valence-electron chi connectivity index (χ4n) is 4.57. The number of nitrogens with zero attached hydrogens (tertiary/aromatic N) is 7. The molecule has 0 atom stereocenters. The first-order valence-electron chi connectivity index (χ1n) is 11.3. The fourth-order valence-corrected chi connectivity index (χ4v) is 4.57. The monoisotopic (exact) mass is 418 g/mol. The molecular weight excluding hydrogens is 388 g/mol. The lowest BCUT2D eigenvalue weighted by Crippen LogP contribution is -2.46. The molecule has 0 spiro atoms. The number of hydrogen-bond donors (Lipinski definition) is 1. The van der Waals surface area contributed by atoms with Crippen LogP contribution in [0.4, 0.5) is 5.69 Å². The van der Waals surface area contributed by atoms with E-state index in [0.717, 1.165) is 50.7 Å².